The summed E-state index contributed by atoms with van der Waals surface area (Å²) < 4.78 is 5.15. The number of rotatable bonds is 1. The zero-order valence-electron chi connectivity index (χ0n) is 21.6. The van der Waals surface area contributed by atoms with E-state index in [0.717, 1.165) is 10.9 Å². The number of para-hydroxylation sites is 1. The lowest BCUT2D eigenvalue weighted by molar-refractivity contribution is 0.664. The van der Waals surface area contributed by atoms with Crippen LogP contribution in [0.25, 0.3) is 69.7 Å². The zero-order chi connectivity index (χ0) is 25.9. The van der Waals surface area contributed by atoms with E-state index in [1.165, 1.54) is 69.9 Å². The monoisotopic (exact) mass is 517 g/mol. The number of fused-ring (bicyclic) bond motifs is 11. The third-order valence-corrected chi connectivity index (χ3v) is 9.82. The van der Waals surface area contributed by atoms with Crippen LogP contribution in [0.3, 0.4) is 0 Å². The highest BCUT2D eigenvalue weighted by molar-refractivity contribution is 7.25. The van der Waals surface area contributed by atoms with E-state index >= 15 is 0 Å². The van der Waals surface area contributed by atoms with Crippen molar-refractivity contribution in [2.75, 3.05) is 0 Å². The number of hydrogen-bond donors (Lipinski definition) is 0. The van der Waals surface area contributed by atoms with Crippen molar-refractivity contribution in [2.24, 2.45) is 0 Å². The van der Waals surface area contributed by atoms with Crippen LogP contribution in [0.2, 0.25) is 0 Å². The number of nitrogens with zero attached hydrogens (tertiary/aromatic N) is 3. The first-order valence-electron chi connectivity index (χ1n) is 13.3. The molecule has 0 spiro atoms. The first-order valence-corrected chi connectivity index (χ1v) is 14.1. The third-order valence-electron chi connectivity index (χ3n) is 8.69. The molecule has 1 aliphatic rings. The van der Waals surface area contributed by atoms with Crippen molar-refractivity contribution in [2.45, 2.75) is 19.3 Å². The van der Waals surface area contributed by atoms with Crippen LogP contribution in [0.4, 0.5) is 0 Å². The van der Waals surface area contributed by atoms with Gasteiger partial charge in [0.1, 0.15) is 6.33 Å². The van der Waals surface area contributed by atoms with Crippen LogP contribution < -0.4 is 0 Å². The first kappa shape index (κ1) is 21.4. The van der Waals surface area contributed by atoms with Crippen molar-refractivity contribution in [3.05, 3.63) is 115 Å². The van der Waals surface area contributed by atoms with Gasteiger partial charge < -0.3 is 4.57 Å². The van der Waals surface area contributed by atoms with Crippen LogP contribution in [-0.4, -0.2) is 14.5 Å². The van der Waals surface area contributed by atoms with Crippen molar-refractivity contribution in [1.29, 1.82) is 0 Å². The summed E-state index contributed by atoms with van der Waals surface area (Å²) in [5, 5.41) is 6.32. The second-order valence-electron chi connectivity index (χ2n) is 11.1. The molecule has 3 nitrogen and oxygen atoms in total. The molecular weight excluding hydrogens is 494 g/mol. The topological polar surface area (TPSA) is 30.7 Å². The predicted molar refractivity (Wildman–Crippen MR) is 164 cm³/mol. The van der Waals surface area contributed by atoms with Gasteiger partial charge in [-0.25, -0.2) is 9.97 Å². The summed E-state index contributed by atoms with van der Waals surface area (Å²) in [7, 11) is 0. The predicted octanol–water partition coefficient (Wildman–Crippen LogP) is 9.40. The Kier molecular flexibility index (Phi) is 4.01. The highest BCUT2D eigenvalue weighted by Crippen LogP contribution is 2.53. The van der Waals surface area contributed by atoms with E-state index < -0.39 is 0 Å². The van der Waals surface area contributed by atoms with Crippen molar-refractivity contribution in [3.63, 3.8) is 0 Å². The van der Waals surface area contributed by atoms with E-state index in [4.69, 9.17) is 0 Å². The second-order valence-corrected chi connectivity index (χ2v) is 12.2. The maximum atomic E-state index is 4.58. The maximum Gasteiger partial charge on any atom is 0.116 e. The van der Waals surface area contributed by atoms with Gasteiger partial charge >= 0.3 is 0 Å². The van der Waals surface area contributed by atoms with Crippen LogP contribution >= 0.6 is 11.3 Å². The Balaban J connectivity index is 1.41. The summed E-state index contributed by atoms with van der Waals surface area (Å²) in [5.74, 6) is 0. The van der Waals surface area contributed by atoms with Gasteiger partial charge in [0.25, 0.3) is 0 Å². The summed E-state index contributed by atoms with van der Waals surface area (Å²) in [4.78, 5) is 8.87. The molecule has 0 aliphatic heterocycles. The average Bonchev–Trinajstić information content (AvgIpc) is 3.57. The number of hydrogen-bond acceptors (Lipinski definition) is 3. The van der Waals surface area contributed by atoms with Crippen LogP contribution in [-0.2, 0) is 5.41 Å². The third kappa shape index (κ3) is 2.71. The largest absolute Gasteiger partial charge is 0.309 e. The molecule has 0 atom stereocenters. The molecule has 0 amide bonds. The fourth-order valence-corrected chi connectivity index (χ4v) is 8.08. The molecule has 0 bridgehead atoms. The van der Waals surface area contributed by atoms with Crippen molar-refractivity contribution in [3.8, 4) is 16.8 Å². The van der Waals surface area contributed by atoms with Crippen molar-refractivity contribution < 1.29 is 0 Å². The molecule has 8 aromatic rings. The maximum absolute atomic E-state index is 4.58. The van der Waals surface area contributed by atoms with Gasteiger partial charge in [0.15, 0.2) is 0 Å². The lowest BCUT2D eigenvalue weighted by Crippen LogP contribution is -2.16. The molecule has 0 radical (unpaired) electrons. The fourth-order valence-electron chi connectivity index (χ4n) is 6.94. The standard InChI is InChI=1S/C35H23N3S/c1-35(2)28-17-29-20(18-36-19-37-29)15-27(28)25-13-14-26-22-7-3-5-9-30(22)38(34(26)33(25)35)21-11-12-24-23-8-4-6-10-31(23)39-32(24)16-21/h3-19H,1-2H3. The van der Waals surface area contributed by atoms with Gasteiger partial charge in [0, 0.05) is 53.6 Å². The molecule has 3 aromatic heterocycles. The molecule has 184 valence electrons. The molecule has 1 aliphatic carbocycles. The van der Waals surface area contributed by atoms with Crippen molar-refractivity contribution >= 4 is 64.2 Å². The van der Waals surface area contributed by atoms with E-state index in [0.29, 0.717) is 0 Å². The van der Waals surface area contributed by atoms with Gasteiger partial charge in [-0.2, -0.15) is 0 Å². The van der Waals surface area contributed by atoms with Gasteiger partial charge in [-0.05, 0) is 58.7 Å². The Labute approximate surface area is 229 Å². The highest BCUT2D eigenvalue weighted by Gasteiger charge is 2.39. The molecule has 9 rings (SSSR count). The first-order chi connectivity index (χ1) is 19.1. The number of aromatic nitrogens is 3. The van der Waals surface area contributed by atoms with Gasteiger partial charge in [0.2, 0.25) is 0 Å². The molecule has 0 N–H and O–H groups in total. The summed E-state index contributed by atoms with van der Waals surface area (Å²) in [6.45, 7) is 4.72. The molecule has 5 aromatic carbocycles. The molecule has 0 saturated carbocycles. The molecule has 0 fully saturated rings. The minimum Gasteiger partial charge on any atom is -0.309 e. The lowest BCUT2D eigenvalue weighted by atomic mass is 9.81. The van der Waals surface area contributed by atoms with Gasteiger partial charge in [-0.15, -0.1) is 11.3 Å². The lowest BCUT2D eigenvalue weighted by Gasteiger charge is -2.24. The Bertz CT molecular complexity index is 2320. The van der Waals surface area contributed by atoms with Crippen LogP contribution in [0, 0.1) is 0 Å². The summed E-state index contributed by atoms with van der Waals surface area (Å²) in [6.07, 6.45) is 3.56. The molecule has 0 unspecified atom stereocenters. The number of thiophene rings is 1. The summed E-state index contributed by atoms with van der Waals surface area (Å²) in [6, 6.07) is 33.7. The smallest absolute Gasteiger partial charge is 0.116 e. The average molecular weight is 518 g/mol. The highest BCUT2D eigenvalue weighted by atomic mass is 32.1. The zero-order valence-corrected chi connectivity index (χ0v) is 22.4. The van der Waals surface area contributed by atoms with E-state index in [9.17, 15) is 0 Å². The SMILES string of the molecule is CC1(C)c2cc3ncncc3cc2-c2ccc3c4ccccc4n(-c4ccc5c(c4)sc4ccccc45)c3c21. The Morgan fingerprint density at radius 3 is 2.44 bits per heavy atom. The van der Waals surface area contributed by atoms with Crippen molar-refractivity contribution in [1.82, 2.24) is 14.5 Å². The fraction of sp³-hybridized carbons (Fsp3) is 0.0857. The van der Waals surface area contributed by atoms with Crippen LogP contribution in [0.5, 0.6) is 0 Å². The van der Waals surface area contributed by atoms with Gasteiger partial charge in [-0.3, -0.25) is 0 Å². The molecule has 3 heterocycles. The number of benzene rings is 5. The van der Waals surface area contributed by atoms with E-state index in [-0.39, 0.29) is 5.41 Å². The molecule has 0 saturated heterocycles. The van der Waals surface area contributed by atoms with Gasteiger partial charge in [-0.1, -0.05) is 68.4 Å². The molecule has 4 heteroatoms. The van der Waals surface area contributed by atoms with E-state index in [1.807, 2.05) is 17.5 Å². The minimum absolute atomic E-state index is 0.183. The molecule has 39 heavy (non-hydrogen) atoms. The Morgan fingerprint density at radius 2 is 1.51 bits per heavy atom. The summed E-state index contributed by atoms with van der Waals surface area (Å²) >= 11 is 1.87. The molecular formula is C35H23N3S. The van der Waals surface area contributed by atoms with E-state index in [2.05, 4.69) is 119 Å². The Morgan fingerprint density at radius 1 is 0.718 bits per heavy atom. The Hall–Kier alpha value is -4.54. The summed E-state index contributed by atoms with van der Waals surface area (Å²) in [5.41, 5.74) is 9.86. The second kappa shape index (κ2) is 7.31. The quantitative estimate of drug-likeness (QED) is 0.217. The van der Waals surface area contributed by atoms with Crippen LogP contribution in [0.1, 0.15) is 25.0 Å². The van der Waals surface area contributed by atoms with E-state index in [1.54, 1.807) is 6.33 Å². The normalized spacial score (nSPS) is 14.1. The van der Waals surface area contributed by atoms with Crippen LogP contribution in [0.15, 0.2) is 104 Å². The minimum atomic E-state index is -0.183. The van der Waals surface area contributed by atoms with Gasteiger partial charge in [0.05, 0.1) is 16.6 Å².